The third-order valence-corrected chi connectivity index (χ3v) is 4.50. The Morgan fingerprint density at radius 3 is 2.65 bits per heavy atom. The Balaban J connectivity index is 1.90. The van der Waals surface area contributed by atoms with Crippen molar-refractivity contribution in [2.75, 3.05) is 52.5 Å². The average molecular weight is 365 g/mol. The lowest BCUT2D eigenvalue weighted by Crippen LogP contribution is -2.43. The first kappa shape index (κ1) is 21.3. The Kier molecular flexibility index (Phi) is 8.51. The first-order chi connectivity index (χ1) is 12.3. The van der Waals surface area contributed by atoms with E-state index in [0.717, 1.165) is 45.9 Å². The summed E-state index contributed by atoms with van der Waals surface area (Å²) >= 11 is 0. The second-order valence-electron chi connectivity index (χ2n) is 8.26. The maximum atomic E-state index is 10.5. The minimum absolute atomic E-state index is 0.226. The molecule has 0 bridgehead atoms. The summed E-state index contributed by atoms with van der Waals surface area (Å²) in [7, 11) is 0. The van der Waals surface area contributed by atoms with Gasteiger partial charge in [0.2, 0.25) is 0 Å². The lowest BCUT2D eigenvalue weighted by molar-refractivity contribution is -0.0575. The molecule has 1 aromatic carbocycles. The van der Waals surface area contributed by atoms with Gasteiger partial charge in [-0.25, -0.2) is 0 Å². The van der Waals surface area contributed by atoms with Crippen molar-refractivity contribution in [1.29, 1.82) is 0 Å². The van der Waals surface area contributed by atoms with Crippen LogP contribution in [0.25, 0.3) is 0 Å². The van der Waals surface area contributed by atoms with Gasteiger partial charge in [-0.2, -0.15) is 0 Å². The van der Waals surface area contributed by atoms with Crippen LogP contribution in [0, 0.1) is 6.92 Å². The quantitative estimate of drug-likeness (QED) is 0.728. The minimum atomic E-state index is -0.483. The van der Waals surface area contributed by atoms with Crippen LogP contribution in [0.3, 0.4) is 0 Å². The number of nitrogens with zero attached hydrogens (tertiary/aromatic N) is 2. The molecule has 148 valence electrons. The molecular weight excluding hydrogens is 328 g/mol. The molecule has 1 N–H and O–H groups in total. The number of aliphatic hydroxyl groups is 1. The molecule has 1 atom stereocenters. The van der Waals surface area contributed by atoms with Crippen LogP contribution in [0.1, 0.15) is 31.9 Å². The van der Waals surface area contributed by atoms with Crippen LogP contribution >= 0.6 is 0 Å². The summed E-state index contributed by atoms with van der Waals surface area (Å²) < 4.78 is 11.2. The molecule has 1 aliphatic heterocycles. The minimum Gasteiger partial charge on any atom is -0.389 e. The Morgan fingerprint density at radius 1 is 1.27 bits per heavy atom. The summed E-state index contributed by atoms with van der Waals surface area (Å²) in [5, 5.41) is 10.5. The Morgan fingerprint density at radius 2 is 2.00 bits per heavy atom. The second kappa shape index (κ2) is 10.4. The van der Waals surface area contributed by atoms with Gasteiger partial charge in [-0.3, -0.25) is 9.80 Å². The molecule has 5 nitrogen and oxygen atoms in total. The summed E-state index contributed by atoms with van der Waals surface area (Å²) in [6, 6.07) is 8.60. The molecule has 1 heterocycles. The summed E-state index contributed by atoms with van der Waals surface area (Å²) in [6.45, 7) is 15.6. The third-order valence-electron chi connectivity index (χ3n) is 4.50. The SMILES string of the molecule is Cc1cccc(CN(CCN2CCOCC2)C[C@H](O)COC(C)(C)C)c1. The summed E-state index contributed by atoms with van der Waals surface area (Å²) in [6.07, 6.45) is -0.483. The number of aliphatic hydroxyl groups excluding tert-OH is 1. The van der Waals surface area contributed by atoms with E-state index < -0.39 is 6.10 Å². The number of hydrogen-bond acceptors (Lipinski definition) is 5. The number of aryl methyl sites for hydroxylation is 1. The fraction of sp³-hybridized carbons (Fsp3) is 0.714. The van der Waals surface area contributed by atoms with Gasteiger partial charge in [0.25, 0.3) is 0 Å². The zero-order chi connectivity index (χ0) is 19.0. The van der Waals surface area contributed by atoms with Gasteiger partial charge in [0, 0.05) is 39.3 Å². The van der Waals surface area contributed by atoms with Crippen molar-refractivity contribution < 1.29 is 14.6 Å². The highest BCUT2D eigenvalue weighted by Gasteiger charge is 2.18. The van der Waals surface area contributed by atoms with Crippen molar-refractivity contribution >= 4 is 0 Å². The largest absolute Gasteiger partial charge is 0.389 e. The van der Waals surface area contributed by atoms with Gasteiger partial charge in [0.15, 0.2) is 0 Å². The molecular formula is C21H36N2O3. The number of hydrogen-bond donors (Lipinski definition) is 1. The van der Waals surface area contributed by atoms with Gasteiger partial charge in [0.05, 0.1) is 31.5 Å². The van der Waals surface area contributed by atoms with E-state index in [9.17, 15) is 5.11 Å². The van der Waals surface area contributed by atoms with Gasteiger partial charge in [-0.05, 0) is 33.3 Å². The summed E-state index contributed by atoms with van der Waals surface area (Å²) in [5.41, 5.74) is 2.33. The Hall–Kier alpha value is -0.980. The average Bonchev–Trinajstić information content (AvgIpc) is 2.58. The van der Waals surface area contributed by atoms with Crippen molar-refractivity contribution in [1.82, 2.24) is 9.80 Å². The van der Waals surface area contributed by atoms with Crippen molar-refractivity contribution in [3.05, 3.63) is 35.4 Å². The van der Waals surface area contributed by atoms with Gasteiger partial charge in [0.1, 0.15) is 0 Å². The monoisotopic (exact) mass is 364 g/mol. The normalized spacial score (nSPS) is 17.6. The van der Waals surface area contributed by atoms with Gasteiger partial charge >= 0.3 is 0 Å². The van der Waals surface area contributed by atoms with Gasteiger partial charge in [-0.1, -0.05) is 29.8 Å². The molecule has 1 fully saturated rings. The van der Waals surface area contributed by atoms with Crippen LogP contribution in [0.5, 0.6) is 0 Å². The van der Waals surface area contributed by atoms with Crippen molar-refractivity contribution in [2.45, 2.75) is 45.9 Å². The van der Waals surface area contributed by atoms with Crippen LogP contribution in [-0.2, 0) is 16.0 Å². The molecule has 0 radical (unpaired) electrons. The van der Waals surface area contributed by atoms with Crippen molar-refractivity contribution in [3.63, 3.8) is 0 Å². The number of benzene rings is 1. The van der Waals surface area contributed by atoms with Crippen LogP contribution in [0.15, 0.2) is 24.3 Å². The maximum Gasteiger partial charge on any atom is 0.0900 e. The van der Waals surface area contributed by atoms with E-state index in [1.54, 1.807) is 0 Å². The van der Waals surface area contributed by atoms with Crippen LogP contribution in [-0.4, -0.2) is 79.2 Å². The molecule has 0 spiro atoms. The Bertz CT molecular complexity index is 524. The standard InChI is InChI=1S/C21H36N2O3/c1-18-6-5-7-19(14-18)15-23(9-8-22-10-12-25-13-11-22)16-20(24)17-26-21(2,3)4/h5-7,14,20,24H,8-13,15-17H2,1-4H3/t20-/m0/s1. The molecule has 5 heteroatoms. The molecule has 0 amide bonds. The molecule has 0 unspecified atom stereocenters. The van der Waals surface area contributed by atoms with E-state index in [2.05, 4.69) is 41.0 Å². The second-order valence-corrected chi connectivity index (χ2v) is 8.26. The highest BCUT2D eigenvalue weighted by Crippen LogP contribution is 2.11. The predicted octanol–water partition coefficient (Wildman–Crippen LogP) is 2.31. The topological polar surface area (TPSA) is 45.2 Å². The van der Waals surface area contributed by atoms with E-state index in [-0.39, 0.29) is 5.60 Å². The summed E-state index contributed by atoms with van der Waals surface area (Å²) in [4.78, 5) is 4.77. The van der Waals surface area contributed by atoms with E-state index in [0.29, 0.717) is 13.2 Å². The molecule has 0 aromatic heterocycles. The third kappa shape index (κ3) is 8.60. The fourth-order valence-electron chi connectivity index (χ4n) is 3.11. The zero-order valence-corrected chi connectivity index (χ0v) is 16.9. The number of rotatable bonds is 9. The molecule has 1 aliphatic rings. The molecule has 2 rings (SSSR count). The van der Waals surface area contributed by atoms with E-state index in [1.807, 2.05) is 20.8 Å². The van der Waals surface area contributed by atoms with Crippen LogP contribution < -0.4 is 0 Å². The lowest BCUT2D eigenvalue weighted by Gasteiger charge is -2.31. The van der Waals surface area contributed by atoms with Crippen LogP contribution in [0.4, 0.5) is 0 Å². The zero-order valence-electron chi connectivity index (χ0n) is 16.9. The number of morpholine rings is 1. The molecule has 0 saturated carbocycles. The highest BCUT2D eigenvalue weighted by molar-refractivity contribution is 5.22. The van der Waals surface area contributed by atoms with Crippen molar-refractivity contribution in [3.8, 4) is 0 Å². The van der Waals surface area contributed by atoms with E-state index in [4.69, 9.17) is 9.47 Å². The van der Waals surface area contributed by atoms with Gasteiger partial charge in [-0.15, -0.1) is 0 Å². The van der Waals surface area contributed by atoms with E-state index in [1.165, 1.54) is 11.1 Å². The maximum absolute atomic E-state index is 10.5. The molecule has 26 heavy (non-hydrogen) atoms. The lowest BCUT2D eigenvalue weighted by atomic mass is 10.1. The first-order valence-corrected chi connectivity index (χ1v) is 9.72. The number of ether oxygens (including phenoxy) is 2. The molecule has 0 aliphatic carbocycles. The van der Waals surface area contributed by atoms with E-state index >= 15 is 0 Å². The van der Waals surface area contributed by atoms with Gasteiger partial charge < -0.3 is 14.6 Å². The Labute approximate surface area is 158 Å². The predicted molar refractivity (Wildman–Crippen MR) is 105 cm³/mol. The smallest absolute Gasteiger partial charge is 0.0900 e. The highest BCUT2D eigenvalue weighted by atomic mass is 16.5. The fourth-order valence-corrected chi connectivity index (χ4v) is 3.11. The molecule has 1 saturated heterocycles. The van der Waals surface area contributed by atoms with Crippen molar-refractivity contribution in [2.24, 2.45) is 0 Å². The molecule has 1 aromatic rings. The summed E-state index contributed by atoms with van der Waals surface area (Å²) in [5.74, 6) is 0. The first-order valence-electron chi connectivity index (χ1n) is 9.72. The van der Waals surface area contributed by atoms with Crippen LogP contribution in [0.2, 0.25) is 0 Å².